The van der Waals surface area contributed by atoms with E-state index in [-0.39, 0.29) is 29.6 Å². The number of nitrogens with zero attached hydrogens (tertiary/aromatic N) is 4. The second-order valence-corrected chi connectivity index (χ2v) is 6.11. The van der Waals surface area contributed by atoms with Crippen LogP contribution in [0.1, 0.15) is 24.2 Å². The number of carbonyl (C=O) groups excluding carboxylic acids is 2. The van der Waals surface area contributed by atoms with Crippen molar-refractivity contribution in [2.24, 2.45) is 0 Å². The van der Waals surface area contributed by atoms with Gasteiger partial charge in [0.15, 0.2) is 5.82 Å². The Morgan fingerprint density at radius 2 is 1.86 bits per heavy atom. The summed E-state index contributed by atoms with van der Waals surface area (Å²) in [4.78, 5) is 26.5. The van der Waals surface area contributed by atoms with Crippen molar-refractivity contribution < 1.29 is 14.0 Å². The fourth-order valence-electron chi connectivity index (χ4n) is 2.94. The van der Waals surface area contributed by atoms with Gasteiger partial charge < -0.3 is 14.8 Å². The molecule has 28 heavy (non-hydrogen) atoms. The predicted molar refractivity (Wildman–Crippen MR) is 103 cm³/mol. The van der Waals surface area contributed by atoms with Crippen LogP contribution >= 0.6 is 0 Å². The number of benzene rings is 1. The number of aromatic nitrogens is 3. The van der Waals surface area contributed by atoms with E-state index in [1.54, 1.807) is 54.2 Å². The Bertz CT molecular complexity index is 965. The smallest absolute Gasteiger partial charge is 0.259 e. The van der Waals surface area contributed by atoms with E-state index in [0.29, 0.717) is 18.9 Å². The Balaban J connectivity index is 2.05. The summed E-state index contributed by atoms with van der Waals surface area (Å²) in [5.74, 6) is -0.621. The van der Waals surface area contributed by atoms with Gasteiger partial charge >= 0.3 is 0 Å². The Hall–Kier alpha value is -3.42. The molecule has 3 aromatic rings. The quantitative estimate of drug-likeness (QED) is 0.681. The second kappa shape index (κ2) is 8.51. The highest BCUT2D eigenvalue weighted by Crippen LogP contribution is 2.22. The van der Waals surface area contributed by atoms with Crippen LogP contribution in [-0.2, 0) is 4.79 Å². The van der Waals surface area contributed by atoms with Crippen LogP contribution in [0.5, 0.6) is 0 Å². The number of para-hydroxylation sites is 1. The van der Waals surface area contributed by atoms with Crippen LogP contribution in [0.4, 0.5) is 4.39 Å². The first-order chi connectivity index (χ1) is 13.6. The summed E-state index contributed by atoms with van der Waals surface area (Å²) >= 11 is 0. The van der Waals surface area contributed by atoms with E-state index in [1.165, 1.54) is 21.8 Å². The highest BCUT2D eigenvalue weighted by Gasteiger charge is 2.25. The summed E-state index contributed by atoms with van der Waals surface area (Å²) in [5, 5.41) is 6.95. The van der Waals surface area contributed by atoms with Gasteiger partial charge in [-0.25, -0.2) is 9.07 Å². The third kappa shape index (κ3) is 3.80. The van der Waals surface area contributed by atoms with Gasteiger partial charge in [-0.2, -0.15) is 5.10 Å². The number of rotatable bonds is 7. The van der Waals surface area contributed by atoms with E-state index >= 15 is 0 Å². The van der Waals surface area contributed by atoms with Crippen molar-refractivity contribution in [1.29, 1.82) is 0 Å². The first-order valence-electron chi connectivity index (χ1n) is 9.09. The monoisotopic (exact) mass is 383 g/mol. The summed E-state index contributed by atoms with van der Waals surface area (Å²) in [7, 11) is 0. The zero-order chi connectivity index (χ0) is 20.1. The molecule has 2 heterocycles. The van der Waals surface area contributed by atoms with Gasteiger partial charge in [0, 0.05) is 25.5 Å². The summed E-state index contributed by atoms with van der Waals surface area (Å²) in [6.07, 6.45) is 4.92. The lowest BCUT2D eigenvalue weighted by atomic mass is 10.2. The van der Waals surface area contributed by atoms with Crippen LogP contribution in [0.15, 0.2) is 55.0 Å². The van der Waals surface area contributed by atoms with Gasteiger partial charge in [0.25, 0.3) is 5.91 Å². The Morgan fingerprint density at radius 1 is 1.14 bits per heavy atom. The van der Waals surface area contributed by atoms with Crippen molar-refractivity contribution in [1.82, 2.24) is 24.6 Å². The van der Waals surface area contributed by atoms with Gasteiger partial charge in [0.1, 0.15) is 17.1 Å². The summed E-state index contributed by atoms with van der Waals surface area (Å²) < 4.78 is 17.5. The van der Waals surface area contributed by atoms with Gasteiger partial charge in [-0.1, -0.05) is 12.1 Å². The van der Waals surface area contributed by atoms with Crippen LogP contribution in [-0.4, -0.2) is 50.7 Å². The molecule has 0 bridgehead atoms. The number of hydrogen-bond donors (Lipinski definition) is 1. The average molecular weight is 383 g/mol. The van der Waals surface area contributed by atoms with Crippen LogP contribution in [0, 0.1) is 5.82 Å². The molecule has 0 aliphatic carbocycles. The average Bonchev–Trinajstić information content (AvgIpc) is 3.35. The summed E-state index contributed by atoms with van der Waals surface area (Å²) in [6.45, 7) is 4.40. The number of amides is 2. The standard InChI is InChI=1S/C20H22FN5O2/c1-3-22-18(27)14-24(4-2)20(28)15-13-23-26(17-10-6-5-9-16(17)21)19(15)25-11-7-8-12-25/h5-13H,3-4,14H2,1-2H3,(H,22,27). The number of hydrogen-bond acceptors (Lipinski definition) is 3. The van der Waals surface area contributed by atoms with E-state index in [0.717, 1.165) is 0 Å². The van der Waals surface area contributed by atoms with Gasteiger partial charge in [0.2, 0.25) is 5.91 Å². The molecular weight excluding hydrogens is 361 g/mol. The van der Waals surface area contributed by atoms with Gasteiger partial charge in [-0.05, 0) is 38.1 Å². The van der Waals surface area contributed by atoms with Crippen LogP contribution in [0.2, 0.25) is 0 Å². The van der Waals surface area contributed by atoms with Gasteiger partial charge in [-0.15, -0.1) is 0 Å². The zero-order valence-electron chi connectivity index (χ0n) is 15.8. The van der Waals surface area contributed by atoms with Crippen molar-refractivity contribution in [2.75, 3.05) is 19.6 Å². The number of nitrogens with one attached hydrogen (secondary N) is 1. The van der Waals surface area contributed by atoms with E-state index in [4.69, 9.17) is 0 Å². The minimum atomic E-state index is -0.451. The number of halogens is 1. The molecular formula is C20H22FN5O2. The molecule has 146 valence electrons. The lowest BCUT2D eigenvalue weighted by molar-refractivity contribution is -0.121. The Kier molecular flexibility index (Phi) is 5.88. The molecule has 0 radical (unpaired) electrons. The predicted octanol–water partition coefficient (Wildman–Crippen LogP) is 2.40. The molecule has 0 spiro atoms. The molecule has 8 heteroatoms. The first kappa shape index (κ1) is 19.3. The van der Waals surface area contributed by atoms with Crippen LogP contribution in [0.3, 0.4) is 0 Å². The lowest BCUT2D eigenvalue weighted by Crippen LogP contribution is -2.40. The molecule has 0 unspecified atom stereocenters. The van der Waals surface area contributed by atoms with Gasteiger partial charge in [-0.3, -0.25) is 9.59 Å². The van der Waals surface area contributed by atoms with Crippen molar-refractivity contribution >= 4 is 11.8 Å². The maximum Gasteiger partial charge on any atom is 0.259 e. The molecule has 0 fully saturated rings. The van der Waals surface area contributed by atoms with E-state index in [1.807, 2.05) is 6.92 Å². The summed E-state index contributed by atoms with van der Waals surface area (Å²) in [5.41, 5.74) is 0.516. The highest BCUT2D eigenvalue weighted by molar-refractivity contribution is 5.99. The molecule has 0 saturated heterocycles. The molecule has 2 amide bonds. The second-order valence-electron chi connectivity index (χ2n) is 6.11. The largest absolute Gasteiger partial charge is 0.355 e. The Labute approximate surface area is 162 Å². The molecule has 0 aliphatic rings. The molecule has 0 saturated carbocycles. The summed E-state index contributed by atoms with van der Waals surface area (Å²) in [6, 6.07) is 9.84. The maximum absolute atomic E-state index is 14.4. The normalized spacial score (nSPS) is 10.7. The van der Waals surface area contributed by atoms with E-state index in [9.17, 15) is 14.0 Å². The first-order valence-corrected chi connectivity index (χ1v) is 9.09. The molecule has 3 rings (SSSR count). The molecule has 7 nitrogen and oxygen atoms in total. The lowest BCUT2D eigenvalue weighted by Gasteiger charge is -2.20. The minimum absolute atomic E-state index is 0.0564. The number of likely N-dealkylation sites (N-methyl/N-ethyl adjacent to an activating group) is 2. The molecule has 0 atom stereocenters. The van der Waals surface area contributed by atoms with Crippen molar-refractivity contribution in [3.8, 4) is 11.5 Å². The van der Waals surface area contributed by atoms with Crippen LogP contribution < -0.4 is 5.32 Å². The van der Waals surface area contributed by atoms with Crippen molar-refractivity contribution in [3.05, 3.63) is 66.4 Å². The molecule has 1 N–H and O–H groups in total. The number of carbonyl (C=O) groups is 2. The topological polar surface area (TPSA) is 72.2 Å². The van der Waals surface area contributed by atoms with E-state index in [2.05, 4.69) is 10.4 Å². The van der Waals surface area contributed by atoms with Crippen LogP contribution in [0.25, 0.3) is 11.5 Å². The van der Waals surface area contributed by atoms with Crippen molar-refractivity contribution in [3.63, 3.8) is 0 Å². The molecule has 1 aromatic carbocycles. The fraction of sp³-hybridized carbons (Fsp3) is 0.250. The van der Waals surface area contributed by atoms with Gasteiger partial charge in [0.05, 0.1) is 12.7 Å². The van der Waals surface area contributed by atoms with Crippen molar-refractivity contribution in [2.45, 2.75) is 13.8 Å². The molecule has 0 aliphatic heterocycles. The Morgan fingerprint density at radius 3 is 2.50 bits per heavy atom. The zero-order valence-corrected chi connectivity index (χ0v) is 15.8. The third-order valence-corrected chi connectivity index (χ3v) is 4.28. The minimum Gasteiger partial charge on any atom is -0.355 e. The SMILES string of the molecule is CCNC(=O)CN(CC)C(=O)c1cnn(-c2ccccc2F)c1-n1cccc1. The molecule has 2 aromatic heterocycles. The highest BCUT2D eigenvalue weighted by atomic mass is 19.1. The van der Waals surface area contributed by atoms with E-state index < -0.39 is 5.82 Å². The third-order valence-electron chi connectivity index (χ3n) is 4.28. The fourth-order valence-corrected chi connectivity index (χ4v) is 2.94. The maximum atomic E-state index is 14.4.